The number of esters is 1. The molecule has 0 aliphatic heterocycles. The second kappa shape index (κ2) is 5.26. The Hall–Kier alpha value is -2.76. The Labute approximate surface area is 108 Å². The van der Waals surface area contributed by atoms with Gasteiger partial charge < -0.3 is 9.84 Å². The molecule has 6 heteroatoms. The van der Waals surface area contributed by atoms with Gasteiger partial charge in [-0.25, -0.2) is 19.6 Å². The average molecular weight is 258 g/mol. The molecule has 0 unspecified atom stereocenters. The molecule has 0 fully saturated rings. The van der Waals surface area contributed by atoms with Crippen LogP contribution in [0.15, 0.2) is 36.9 Å². The molecule has 0 radical (unpaired) electrons. The number of aromatic carboxylic acids is 1. The summed E-state index contributed by atoms with van der Waals surface area (Å²) in [5.74, 6) is -1.74. The number of methoxy groups -OCH3 is 1. The van der Waals surface area contributed by atoms with Gasteiger partial charge in [0.1, 0.15) is 6.33 Å². The maximum absolute atomic E-state index is 11.7. The van der Waals surface area contributed by atoms with Crippen molar-refractivity contribution >= 4 is 11.9 Å². The summed E-state index contributed by atoms with van der Waals surface area (Å²) in [7, 11) is 1.24. The molecule has 0 aliphatic carbocycles. The average Bonchev–Trinajstić information content (AvgIpc) is 2.46. The predicted octanol–water partition coefficient (Wildman–Crippen LogP) is 1.63. The Kier molecular flexibility index (Phi) is 3.51. The standard InChI is InChI=1S/C13H10N2O4/c1-19-13(18)10-4-2-3-9(12(16)17)11(10)8-5-14-7-15-6-8/h2-7H,1H3,(H,16,17). The first kappa shape index (κ1) is 12.7. The van der Waals surface area contributed by atoms with E-state index >= 15 is 0 Å². The highest BCUT2D eigenvalue weighted by Gasteiger charge is 2.20. The van der Waals surface area contributed by atoms with E-state index in [9.17, 15) is 14.7 Å². The summed E-state index contributed by atoms with van der Waals surface area (Å²) in [6.45, 7) is 0. The van der Waals surface area contributed by atoms with Crippen molar-refractivity contribution in [1.29, 1.82) is 0 Å². The van der Waals surface area contributed by atoms with Gasteiger partial charge in [-0.15, -0.1) is 0 Å². The summed E-state index contributed by atoms with van der Waals surface area (Å²) in [6.07, 6.45) is 4.22. The van der Waals surface area contributed by atoms with E-state index in [4.69, 9.17) is 0 Å². The highest BCUT2D eigenvalue weighted by molar-refractivity contribution is 6.05. The Balaban J connectivity index is 2.74. The summed E-state index contributed by atoms with van der Waals surface area (Å²) >= 11 is 0. The van der Waals surface area contributed by atoms with Crippen LogP contribution in [0.5, 0.6) is 0 Å². The van der Waals surface area contributed by atoms with Gasteiger partial charge in [-0.1, -0.05) is 6.07 Å². The number of rotatable bonds is 3. The van der Waals surface area contributed by atoms with Crippen LogP contribution in [0.1, 0.15) is 20.7 Å². The van der Waals surface area contributed by atoms with Crippen molar-refractivity contribution in [3.8, 4) is 11.1 Å². The third-order valence-electron chi connectivity index (χ3n) is 2.55. The van der Waals surface area contributed by atoms with Gasteiger partial charge >= 0.3 is 11.9 Å². The number of carbonyl (C=O) groups excluding carboxylic acids is 1. The van der Waals surface area contributed by atoms with Crippen LogP contribution in [0.3, 0.4) is 0 Å². The van der Waals surface area contributed by atoms with Gasteiger partial charge in [0.15, 0.2) is 0 Å². The van der Waals surface area contributed by atoms with Crippen molar-refractivity contribution in [1.82, 2.24) is 9.97 Å². The maximum atomic E-state index is 11.7. The van der Waals surface area contributed by atoms with Crippen molar-refractivity contribution < 1.29 is 19.4 Å². The molecule has 0 spiro atoms. The molecule has 2 aromatic rings. The molecule has 0 bridgehead atoms. The van der Waals surface area contributed by atoms with Crippen LogP contribution in [0.2, 0.25) is 0 Å². The molecule has 1 aromatic carbocycles. The topological polar surface area (TPSA) is 89.4 Å². The lowest BCUT2D eigenvalue weighted by atomic mass is 9.96. The Morgan fingerprint density at radius 2 is 1.79 bits per heavy atom. The van der Waals surface area contributed by atoms with Crippen molar-refractivity contribution in [2.75, 3.05) is 7.11 Å². The third kappa shape index (κ3) is 2.42. The number of hydrogen-bond donors (Lipinski definition) is 1. The van der Waals surface area contributed by atoms with E-state index in [1.54, 1.807) is 0 Å². The molecule has 0 saturated carbocycles. The molecule has 96 valence electrons. The Morgan fingerprint density at radius 3 is 2.37 bits per heavy atom. The van der Waals surface area contributed by atoms with E-state index in [2.05, 4.69) is 14.7 Å². The van der Waals surface area contributed by atoms with Crippen LogP contribution < -0.4 is 0 Å². The molecule has 0 atom stereocenters. The third-order valence-corrected chi connectivity index (χ3v) is 2.55. The first-order valence-electron chi connectivity index (χ1n) is 5.35. The number of benzene rings is 1. The van der Waals surface area contributed by atoms with E-state index < -0.39 is 11.9 Å². The van der Waals surface area contributed by atoms with Gasteiger partial charge in [0.25, 0.3) is 0 Å². The highest BCUT2D eigenvalue weighted by atomic mass is 16.5. The maximum Gasteiger partial charge on any atom is 0.338 e. The van der Waals surface area contributed by atoms with E-state index in [1.165, 1.54) is 44.0 Å². The van der Waals surface area contributed by atoms with Gasteiger partial charge in [-0.3, -0.25) is 0 Å². The molecule has 1 aromatic heterocycles. The molecule has 1 heterocycles. The quantitative estimate of drug-likeness (QED) is 0.841. The number of carbonyl (C=O) groups is 2. The van der Waals surface area contributed by atoms with Gasteiger partial charge in [-0.2, -0.15) is 0 Å². The number of carboxylic acids is 1. The number of carboxylic acid groups (broad SMARTS) is 1. The molecule has 0 amide bonds. The van der Waals surface area contributed by atoms with Gasteiger partial charge in [0.2, 0.25) is 0 Å². The molecule has 0 aliphatic rings. The second-order valence-corrected chi connectivity index (χ2v) is 3.65. The SMILES string of the molecule is COC(=O)c1cccc(C(=O)O)c1-c1cncnc1. The summed E-state index contributed by atoms with van der Waals surface area (Å²) in [4.78, 5) is 30.7. The van der Waals surface area contributed by atoms with Gasteiger partial charge in [0, 0.05) is 23.5 Å². The Morgan fingerprint density at radius 1 is 1.16 bits per heavy atom. The van der Waals surface area contributed by atoms with E-state index in [-0.39, 0.29) is 16.7 Å². The number of aromatic nitrogens is 2. The second-order valence-electron chi connectivity index (χ2n) is 3.65. The van der Waals surface area contributed by atoms with E-state index in [0.29, 0.717) is 5.56 Å². The van der Waals surface area contributed by atoms with Gasteiger partial charge in [0.05, 0.1) is 18.2 Å². The monoisotopic (exact) mass is 258 g/mol. The summed E-state index contributed by atoms with van der Waals surface area (Å²) in [5.41, 5.74) is 0.859. The van der Waals surface area contributed by atoms with Crippen LogP contribution in [0, 0.1) is 0 Å². The lowest BCUT2D eigenvalue weighted by Gasteiger charge is -2.10. The van der Waals surface area contributed by atoms with Gasteiger partial charge in [-0.05, 0) is 12.1 Å². The number of ether oxygens (including phenoxy) is 1. The van der Waals surface area contributed by atoms with Crippen LogP contribution in [-0.4, -0.2) is 34.1 Å². The fourth-order valence-corrected chi connectivity index (χ4v) is 1.75. The van der Waals surface area contributed by atoms with Crippen LogP contribution >= 0.6 is 0 Å². The minimum Gasteiger partial charge on any atom is -0.478 e. The van der Waals surface area contributed by atoms with Crippen LogP contribution in [0.4, 0.5) is 0 Å². The fraction of sp³-hybridized carbons (Fsp3) is 0.0769. The first-order chi connectivity index (χ1) is 9.15. The zero-order valence-electron chi connectivity index (χ0n) is 10.0. The van der Waals surface area contributed by atoms with Crippen molar-refractivity contribution in [3.05, 3.63) is 48.0 Å². The molecule has 0 saturated heterocycles. The molecule has 1 N–H and O–H groups in total. The molecular weight excluding hydrogens is 248 g/mol. The molecule has 2 rings (SSSR count). The van der Waals surface area contributed by atoms with Crippen molar-refractivity contribution in [2.24, 2.45) is 0 Å². The fourth-order valence-electron chi connectivity index (χ4n) is 1.75. The largest absolute Gasteiger partial charge is 0.478 e. The van der Waals surface area contributed by atoms with Crippen molar-refractivity contribution in [3.63, 3.8) is 0 Å². The molecule has 19 heavy (non-hydrogen) atoms. The lowest BCUT2D eigenvalue weighted by Crippen LogP contribution is -2.09. The summed E-state index contributed by atoms with van der Waals surface area (Å²) < 4.78 is 4.66. The Bertz CT molecular complexity index is 626. The predicted molar refractivity (Wildman–Crippen MR) is 65.8 cm³/mol. The minimum absolute atomic E-state index is 0.00213. The van der Waals surface area contributed by atoms with Crippen LogP contribution in [-0.2, 0) is 4.74 Å². The smallest absolute Gasteiger partial charge is 0.338 e. The zero-order valence-corrected chi connectivity index (χ0v) is 10.0. The summed E-state index contributed by atoms with van der Waals surface area (Å²) in [5, 5.41) is 9.21. The normalized spacial score (nSPS) is 9.95. The summed E-state index contributed by atoms with van der Waals surface area (Å²) in [6, 6.07) is 4.40. The van der Waals surface area contributed by atoms with Crippen LogP contribution in [0.25, 0.3) is 11.1 Å². The van der Waals surface area contributed by atoms with E-state index in [1.807, 2.05) is 0 Å². The number of hydrogen-bond acceptors (Lipinski definition) is 5. The highest BCUT2D eigenvalue weighted by Crippen LogP contribution is 2.27. The first-order valence-corrected chi connectivity index (χ1v) is 5.35. The van der Waals surface area contributed by atoms with Crippen molar-refractivity contribution in [2.45, 2.75) is 0 Å². The molecule has 6 nitrogen and oxygen atoms in total. The number of nitrogens with zero attached hydrogens (tertiary/aromatic N) is 2. The minimum atomic E-state index is -1.13. The lowest BCUT2D eigenvalue weighted by molar-refractivity contribution is 0.0601. The zero-order chi connectivity index (χ0) is 13.8. The molecular formula is C13H10N2O4. The van der Waals surface area contributed by atoms with E-state index in [0.717, 1.165) is 0 Å².